The maximum Gasteiger partial charge on any atom is 0.118 e. The van der Waals surface area contributed by atoms with Crippen molar-refractivity contribution in [1.82, 2.24) is 10.2 Å². The minimum atomic E-state index is 0.346. The third-order valence-electron chi connectivity index (χ3n) is 5.87. The van der Waals surface area contributed by atoms with E-state index < -0.39 is 0 Å². The predicted molar refractivity (Wildman–Crippen MR) is 102 cm³/mol. The molecule has 1 N–H and O–H groups in total. The summed E-state index contributed by atoms with van der Waals surface area (Å²) in [7, 11) is 1.72. The van der Waals surface area contributed by atoms with Gasteiger partial charge in [-0.05, 0) is 61.5 Å². The van der Waals surface area contributed by atoms with Crippen molar-refractivity contribution in [2.75, 3.05) is 26.7 Å². The van der Waals surface area contributed by atoms with E-state index in [0.717, 1.165) is 18.1 Å². The SMILES string of the molecule is COc1ccc([C@H](Cc2ccccc2)N[C@@H]2CN3CCC2CC3)cc1. The smallest absolute Gasteiger partial charge is 0.118 e. The fourth-order valence-electron chi connectivity index (χ4n) is 4.37. The summed E-state index contributed by atoms with van der Waals surface area (Å²) in [6.45, 7) is 3.77. The first-order valence-electron chi connectivity index (χ1n) is 9.48. The number of fused-ring (bicyclic) bond motifs is 3. The van der Waals surface area contributed by atoms with Crippen LogP contribution in [0.4, 0.5) is 0 Å². The number of nitrogens with one attached hydrogen (secondary N) is 1. The summed E-state index contributed by atoms with van der Waals surface area (Å²) >= 11 is 0. The van der Waals surface area contributed by atoms with Gasteiger partial charge in [0.25, 0.3) is 0 Å². The van der Waals surface area contributed by atoms with E-state index in [2.05, 4.69) is 64.8 Å². The Morgan fingerprint density at radius 3 is 2.36 bits per heavy atom. The molecule has 3 fully saturated rings. The number of hydrogen-bond donors (Lipinski definition) is 1. The Kier molecular flexibility index (Phi) is 5.04. The average Bonchev–Trinajstić information content (AvgIpc) is 2.69. The summed E-state index contributed by atoms with van der Waals surface area (Å²) in [5.74, 6) is 1.76. The summed E-state index contributed by atoms with van der Waals surface area (Å²) in [4.78, 5) is 2.62. The highest BCUT2D eigenvalue weighted by Crippen LogP contribution is 2.30. The van der Waals surface area contributed by atoms with E-state index in [1.807, 2.05) is 0 Å². The van der Waals surface area contributed by atoms with Crippen LogP contribution in [0.1, 0.15) is 30.0 Å². The zero-order valence-corrected chi connectivity index (χ0v) is 15.0. The van der Waals surface area contributed by atoms with Gasteiger partial charge in [0.1, 0.15) is 5.75 Å². The van der Waals surface area contributed by atoms with Gasteiger partial charge in [0, 0.05) is 18.6 Å². The van der Waals surface area contributed by atoms with E-state index >= 15 is 0 Å². The lowest BCUT2D eigenvalue weighted by molar-refractivity contribution is 0.0669. The van der Waals surface area contributed by atoms with Crippen LogP contribution in [0.2, 0.25) is 0 Å². The highest BCUT2D eigenvalue weighted by Gasteiger charge is 2.35. The zero-order valence-electron chi connectivity index (χ0n) is 15.0. The standard InChI is InChI=1S/C22H28N2O/c1-25-20-9-7-18(8-10-20)21(15-17-5-3-2-4-6-17)23-22-16-24-13-11-19(22)12-14-24/h2-10,19,21-23H,11-16H2,1H3/t21-,22+/m0/s1. The molecular formula is C22H28N2O. The third-order valence-corrected chi connectivity index (χ3v) is 5.87. The van der Waals surface area contributed by atoms with Crippen LogP contribution in [0, 0.1) is 5.92 Å². The van der Waals surface area contributed by atoms with Gasteiger partial charge in [-0.3, -0.25) is 0 Å². The molecule has 3 nitrogen and oxygen atoms in total. The van der Waals surface area contributed by atoms with Crippen molar-refractivity contribution in [3.63, 3.8) is 0 Å². The van der Waals surface area contributed by atoms with Crippen LogP contribution < -0.4 is 10.1 Å². The van der Waals surface area contributed by atoms with E-state index in [1.165, 1.54) is 43.6 Å². The number of ether oxygens (including phenoxy) is 1. The molecule has 3 heteroatoms. The highest BCUT2D eigenvalue weighted by molar-refractivity contribution is 5.30. The minimum Gasteiger partial charge on any atom is -0.497 e. The lowest BCUT2D eigenvalue weighted by atomic mass is 9.83. The van der Waals surface area contributed by atoms with Crippen molar-refractivity contribution in [2.24, 2.45) is 5.92 Å². The number of piperidine rings is 3. The molecule has 2 atom stereocenters. The molecule has 2 bridgehead atoms. The number of nitrogens with zero attached hydrogens (tertiary/aromatic N) is 1. The largest absolute Gasteiger partial charge is 0.497 e. The molecule has 3 aliphatic heterocycles. The molecule has 25 heavy (non-hydrogen) atoms. The maximum atomic E-state index is 5.33. The fourth-order valence-corrected chi connectivity index (χ4v) is 4.37. The Morgan fingerprint density at radius 2 is 1.76 bits per heavy atom. The molecule has 5 rings (SSSR count). The minimum absolute atomic E-state index is 0.346. The van der Waals surface area contributed by atoms with Gasteiger partial charge in [0.15, 0.2) is 0 Å². The summed E-state index contributed by atoms with van der Waals surface area (Å²) < 4.78 is 5.33. The van der Waals surface area contributed by atoms with E-state index in [4.69, 9.17) is 4.74 Å². The van der Waals surface area contributed by atoms with Gasteiger partial charge in [-0.25, -0.2) is 0 Å². The van der Waals surface area contributed by atoms with Crippen molar-refractivity contribution < 1.29 is 4.74 Å². The molecule has 0 spiro atoms. The Labute approximate surface area is 151 Å². The zero-order chi connectivity index (χ0) is 17.1. The molecule has 3 heterocycles. The second kappa shape index (κ2) is 7.59. The lowest BCUT2D eigenvalue weighted by Crippen LogP contribution is -2.56. The summed E-state index contributed by atoms with van der Waals surface area (Å²) in [5, 5.41) is 4.01. The van der Waals surface area contributed by atoms with Crippen LogP contribution in [0.15, 0.2) is 54.6 Å². The van der Waals surface area contributed by atoms with Gasteiger partial charge < -0.3 is 15.0 Å². The monoisotopic (exact) mass is 336 g/mol. The molecule has 3 saturated heterocycles. The van der Waals surface area contributed by atoms with Crippen molar-refractivity contribution >= 4 is 0 Å². The van der Waals surface area contributed by atoms with Crippen molar-refractivity contribution in [3.8, 4) is 5.75 Å². The Hall–Kier alpha value is -1.84. The summed E-state index contributed by atoms with van der Waals surface area (Å²) in [6.07, 6.45) is 3.72. The van der Waals surface area contributed by atoms with E-state index in [1.54, 1.807) is 7.11 Å². The normalized spacial score (nSPS) is 26.4. The molecule has 2 aromatic carbocycles. The number of methoxy groups -OCH3 is 1. The van der Waals surface area contributed by atoms with Gasteiger partial charge in [0.05, 0.1) is 7.11 Å². The van der Waals surface area contributed by atoms with Crippen molar-refractivity contribution in [3.05, 3.63) is 65.7 Å². The first kappa shape index (κ1) is 16.6. The molecule has 0 aromatic heterocycles. The van der Waals surface area contributed by atoms with Crippen molar-refractivity contribution in [1.29, 1.82) is 0 Å². The molecule has 0 aliphatic carbocycles. The number of rotatable bonds is 6. The second-order valence-electron chi connectivity index (χ2n) is 7.43. The first-order chi connectivity index (χ1) is 12.3. The quantitative estimate of drug-likeness (QED) is 0.871. The average molecular weight is 336 g/mol. The Morgan fingerprint density at radius 1 is 1.04 bits per heavy atom. The first-order valence-corrected chi connectivity index (χ1v) is 9.48. The lowest BCUT2D eigenvalue weighted by Gasteiger charge is -2.46. The molecular weight excluding hydrogens is 308 g/mol. The summed E-state index contributed by atoms with van der Waals surface area (Å²) in [5.41, 5.74) is 2.73. The van der Waals surface area contributed by atoms with E-state index in [-0.39, 0.29) is 0 Å². The van der Waals surface area contributed by atoms with Crippen LogP contribution in [0.3, 0.4) is 0 Å². The summed E-state index contributed by atoms with van der Waals surface area (Å²) in [6, 6.07) is 20.3. The van der Waals surface area contributed by atoms with Gasteiger partial charge in [-0.2, -0.15) is 0 Å². The van der Waals surface area contributed by atoms with Gasteiger partial charge in [-0.15, -0.1) is 0 Å². The van der Waals surface area contributed by atoms with Crippen LogP contribution in [-0.2, 0) is 6.42 Å². The Bertz CT molecular complexity index is 662. The van der Waals surface area contributed by atoms with Gasteiger partial charge >= 0.3 is 0 Å². The highest BCUT2D eigenvalue weighted by atomic mass is 16.5. The van der Waals surface area contributed by atoms with Crippen molar-refractivity contribution in [2.45, 2.75) is 31.3 Å². The number of benzene rings is 2. The molecule has 0 saturated carbocycles. The van der Waals surface area contributed by atoms with Gasteiger partial charge in [-0.1, -0.05) is 42.5 Å². The van der Waals surface area contributed by atoms with Crippen LogP contribution in [0.5, 0.6) is 5.75 Å². The molecule has 2 aromatic rings. The molecule has 132 valence electrons. The molecule has 0 unspecified atom stereocenters. The molecule has 0 radical (unpaired) electrons. The van der Waals surface area contributed by atoms with E-state index in [9.17, 15) is 0 Å². The van der Waals surface area contributed by atoms with Crippen LogP contribution in [-0.4, -0.2) is 37.7 Å². The fraction of sp³-hybridized carbons (Fsp3) is 0.455. The van der Waals surface area contributed by atoms with Crippen LogP contribution >= 0.6 is 0 Å². The number of hydrogen-bond acceptors (Lipinski definition) is 3. The topological polar surface area (TPSA) is 24.5 Å². The second-order valence-corrected chi connectivity index (χ2v) is 7.43. The van der Waals surface area contributed by atoms with Crippen LogP contribution in [0.25, 0.3) is 0 Å². The third kappa shape index (κ3) is 3.88. The molecule has 3 aliphatic rings. The Balaban J connectivity index is 1.54. The van der Waals surface area contributed by atoms with Gasteiger partial charge in [0.2, 0.25) is 0 Å². The molecule has 0 amide bonds. The maximum absolute atomic E-state index is 5.33. The predicted octanol–water partition coefficient (Wildman–Crippen LogP) is 3.66. The van der Waals surface area contributed by atoms with E-state index in [0.29, 0.717) is 12.1 Å².